The van der Waals surface area contributed by atoms with E-state index in [9.17, 15) is 4.79 Å². The molecule has 0 aliphatic carbocycles. The number of nitrogens with zero attached hydrogens (tertiary/aromatic N) is 2. The van der Waals surface area contributed by atoms with Crippen LogP contribution in [0.25, 0.3) is 22.0 Å². The molecule has 138 valence electrons. The SMILES string of the molecule is CC(=O)c1ccc(Nc2nnc(-c3ccccc3)c3cc(C)c(C)cc23)cc1. The van der Waals surface area contributed by atoms with Gasteiger partial charge in [-0.3, -0.25) is 4.79 Å². The lowest BCUT2D eigenvalue weighted by molar-refractivity contribution is 0.101. The summed E-state index contributed by atoms with van der Waals surface area (Å²) in [5.74, 6) is 0.753. The number of carbonyl (C=O) groups excluding carboxylic acids is 1. The zero-order valence-electron chi connectivity index (χ0n) is 16.2. The number of rotatable bonds is 4. The second-order valence-electron chi connectivity index (χ2n) is 7.00. The van der Waals surface area contributed by atoms with Crippen LogP contribution >= 0.6 is 0 Å². The van der Waals surface area contributed by atoms with Gasteiger partial charge in [-0.2, -0.15) is 0 Å². The molecule has 1 heterocycles. The number of carbonyl (C=O) groups is 1. The minimum Gasteiger partial charge on any atom is -0.338 e. The predicted molar refractivity (Wildman–Crippen MR) is 114 cm³/mol. The molecule has 4 heteroatoms. The van der Waals surface area contributed by atoms with Crippen LogP contribution in [0.4, 0.5) is 11.5 Å². The van der Waals surface area contributed by atoms with E-state index in [1.54, 1.807) is 6.92 Å². The molecule has 0 aliphatic heterocycles. The Bertz CT molecular complexity index is 1170. The van der Waals surface area contributed by atoms with Crippen molar-refractivity contribution in [1.82, 2.24) is 10.2 Å². The Balaban J connectivity index is 1.83. The molecule has 0 amide bonds. The second-order valence-corrected chi connectivity index (χ2v) is 7.00. The van der Waals surface area contributed by atoms with Gasteiger partial charge in [-0.15, -0.1) is 10.2 Å². The van der Waals surface area contributed by atoms with Gasteiger partial charge in [0.05, 0.1) is 0 Å². The van der Waals surface area contributed by atoms with Gasteiger partial charge in [0.15, 0.2) is 11.6 Å². The first-order valence-electron chi connectivity index (χ1n) is 9.24. The molecule has 4 nitrogen and oxygen atoms in total. The van der Waals surface area contributed by atoms with Crippen LogP contribution in [0.3, 0.4) is 0 Å². The van der Waals surface area contributed by atoms with E-state index >= 15 is 0 Å². The van der Waals surface area contributed by atoms with Crippen LogP contribution in [-0.4, -0.2) is 16.0 Å². The minimum absolute atomic E-state index is 0.0510. The molecular weight excluding hydrogens is 346 g/mol. The molecule has 0 radical (unpaired) electrons. The number of aryl methyl sites for hydroxylation is 2. The average molecular weight is 367 g/mol. The Kier molecular flexibility index (Phi) is 4.62. The van der Waals surface area contributed by atoms with Crippen LogP contribution in [0.2, 0.25) is 0 Å². The fourth-order valence-electron chi connectivity index (χ4n) is 3.24. The van der Waals surface area contributed by atoms with Gasteiger partial charge in [0.1, 0.15) is 5.69 Å². The number of hydrogen-bond donors (Lipinski definition) is 1. The highest BCUT2D eigenvalue weighted by Crippen LogP contribution is 2.33. The molecule has 3 aromatic carbocycles. The standard InChI is InChI=1S/C24H21N3O/c1-15-13-21-22(14-16(15)2)24(25-20-11-9-18(10-12-20)17(3)28)27-26-23(21)19-7-5-4-6-8-19/h4-14H,1-3H3,(H,25,27). The summed E-state index contributed by atoms with van der Waals surface area (Å²) in [6.07, 6.45) is 0. The summed E-state index contributed by atoms with van der Waals surface area (Å²) in [6, 6.07) is 21.8. The maximum Gasteiger partial charge on any atom is 0.161 e. The van der Waals surface area contributed by atoms with Crippen molar-refractivity contribution >= 4 is 28.1 Å². The topological polar surface area (TPSA) is 54.9 Å². The van der Waals surface area contributed by atoms with E-state index < -0.39 is 0 Å². The van der Waals surface area contributed by atoms with Crippen LogP contribution in [0.15, 0.2) is 66.7 Å². The summed E-state index contributed by atoms with van der Waals surface area (Å²) in [4.78, 5) is 11.5. The van der Waals surface area contributed by atoms with Gasteiger partial charge in [0, 0.05) is 27.6 Å². The van der Waals surface area contributed by atoms with Crippen LogP contribution in [0.1, 0.15) is 28.4 Å². The molecule has 0 atom stereocenters. The first-order valence-corrected chi connectivity index (χ1v) is 9.24. The molecule has 0 bridgehead atoms. The zero-order chi connectivity index (χ0) is 19.7. The van der Waals surface area contributed by atoms with Crippen molar-refractivity contribution < 1.29 is 4.79 Å². The van der Waals surface area contributed by atoms with Crippen molar-refractivity contribution in [3.05, 3.63) is 83.4 Å². The number of anilines is 2. The van der Waals surface area contributed by atoms with Crippen molar-refractivity contribution in [2.45, 2.75) is 20.8 Å². The molecule has 28 heavy (non-hydrogen) atoms. The van der Waals surface area contributed by atoms with Crippen molar-refractivity contribution in [1.29, 1.82) is 0 Å². The third-order valence-electron chi connectivity index (χ3n) is 5.00. The number of Topliss-reactive ketones (excluding diaryl/α,β-unsaturated/α-hetero) is 1. The van der Waals surface area contributed by atoms with Crippen LogP contribution in [0.5, 0.6) is 0 Å². The summed E-state index contributed by atoms with van der Waals surface area (Å²) in [5.41, 5.74) is 5.89. The quantitative estimate of drug-likeness (QED) is 0.459. The molecule has 0 fully saturated rings. The van der Waals surface area contributed by atoms with Crippen LogP contribution in [0, 0.1) is 13.8 Å². The Labute approximate surface area is 164 Å². The number of benzene rings is 3. The van der Waals surface area contributed by atoms with Crippen molar-refractivity contribution in [2.24, 2.45) is 0 Å². The maximum atomic E-state index is 11.5. The summed E-state index contributed by atoms with van der Waals surface area (Å²) in [6.45, 7) is 5.77. The zero-order valence-corrected chi connectivity index (χ0v) is 16.2. The molecule has 0 spiro atoms. The number of fused-ring (bicyclic) bond motifs is 1. The van der Waals surface area contributed by atoms with Crippen molar-refractivity contribution in [3.63, 3.8) is 0 Å². The van der Waals surface area contributed by atoms with Gasteiger partial charge in [-0.25, -0.2) is 0 Å². The van der Waals surface area contributed by atoms with E-state index in [0.29, 0.717) is 11.4 Å². The van der Waals surface area contributed by atoms with Gasteiger partial charge in [0.2, 0.25) is 0 Å². The lowest BCUT2D eigenvalue weighted by Gasteiger charge is -2.13. The molecular formula is C24H21N3O. The number of nitrogens with one attached hydrogen (secondary N) is 1. The second kappa shape index (κ2) is 7.24. The van der Waals surface area contributed by atoms with Crippen molar-refractivity contribution in [2.75, 3.05) is 5.32 Å². The largest absolute Gasteiger partial charge is 0.338 e. The lowest BCUT2D eigenvalue weighted by Crippen LogP contribution is -2.01. The molecule has 0 aliphatic rings. The number of aromatic nitrogens is 2. The van der Waals surface area contributed by atoms with E-state index in [1.807, 2.05) is 54.6 Å². The number of hydrogen-bond acceptors (Lipinski definition) is 4. The summed E-state index contributed by atoms with van der Waals surface area (Å²) in [5, 5.41) is 14.4. The summed E-state index contributed by atoms with van der Waals surface area (Å²) < 4.78 is 0. The molecule has 4 rings (SSSR count). The molecule has 1 N–H and O–H groups in total. The molecule has 4 aromatic rings. The van der Waals surface area contributed by atoms with Gasteiger partial charge < -0.3 is 5.32 Å². The fourth-order valence-corrected chi connectivity index (χ4v) is 3.24. The fraction of sp³-hybridized carbons (Fsp3) is 0.125. The van der Waals surface area contributed by atoms with Crippen molar-refractivity contribution in [3.8, 4) is 11.3 Å². The highest BCUT2D eigenvalue weighted by Gasteiger charge is 2.13. The molecule has 0 saturated carbocycles. The first kappa shape index (κ1) is 17.9. The molecule has 0 unspecified atom stereocenters. The normalized spacial score (nSPS) is 10.8. The minimum atomic E-state index is 0.0510. The number of ketones is 1. The van der Waals surface area contributed by atoms with Crippen LogP contribution < -0.4 is 5.32 Å². The van der Waals surface area contributed by atoms with E-state index in [0.717, 1.165) is 27.7 Å². The third kappa shape index (κ3) is 3.37. The third-order valence-corrected chi connectivity index (χ3v) is 5.00. The van der Waals surface area contributed by atoms with Gasteiger partial charge in [0.25, 0.3) is 0 Å². The monoisotopic (exact) mass is 367 g/mol. The van der Waals surface area contributed by atoms with E-state index in [1.165, 1.54) is 11.1 Å². The Morgan fingerprint density at radius 3 is 2.11 bits per heavy atom. The highest BCUT2D eigenvalue weighted by molar-refractivity contribution is 6.01. The molecule has 0 saturated heterocycles. The molecule has 1 aromatic heterocycles. The maximum absolute atomic E-state index is 11.5. The average Bonchev–Trinajstić information content (AvgIpc) is 2.70. The van der Waals surface area contributed by atoms with Gasteiger partial charge >= 0.3 is 0 Å². The van der Waals surface area contributed by atoms with E-state index in [4.69, 9.17) is 0 Å². The summed E-state index contributed by atoms with van der Waals surface area (Å²) >= 11 is 0. The Morgan fingerprint density at radius 1 is 0.821 bits per heavy atom. The Hall–Kier alpha value is -3.53. The highest BCUT2D eigenvalue weighted by atomic mass is 16.1. The van der Waals surface area contributed by atoms with Gasteiger partial charge in [-0.05, 0) is 68.3 Å². The van der Waals surface area contributed by atoms with E-state index in [2.05, 4.69) is 41.5 Å². The summed E-state index contributed by atoms with van der Waals surface area (Å²) in [7, 11) is 0. The smallest absolute Gasteiger partial charge is 0.161 e. The van der Waals surface area contributed by atoms with Crippen LogP contribution in [-0.2, 0) is 0 Å². The predicted octanol–water partition coefficient (Wildman–Crippen LogP) is 5.86. The first-order chi connectivity index (χ1) is 13.5. The Morgan fingerprint density at radius 2 is 1.46 bits per heavy atom. The van der Waals surface area contributed by atoms with Gasteiger partial charge in [-0.1, -0.05) is 30.3 Å². The lowest BCUT2D eigenvalue weighted by atomic mass is 9.99. The van der Waals surface area contributed by atoms with E-state index in [-0.39, 0.29) is 5.78 Å².